The van der Waals surface area contributed by atoms with Crippen LogP contribution in [0.3, 0.4) is 0 Å². The van der Waals surface area contributed by atoms with Gasteiger partial charge in [0.2, 0.25) is 11.8 Å². The predicted molar refractivity (Wildman–Crippen MR) is 106 cm³/mol. The molecule has 7 heteroatoms. The van der Waals surface area contributed by atoms with Gasteiger partial charge in [0.1, 0.15) is 0 Å². The van der Waals surface area contributed by atoms with E-state index in [1.165, 1.54) is 30.6 Å². The molecule has 1 aliphatic carbocycles. The second kappa shape index (κ2) is 9.88. The van der Waals surface area contributed by atoms with Gasteiger partial charge >= 0.3 is 0 Å². The first-order valence-corrected chi connectivity index (χ1v) is 10.9. The first-order valence-electron chi connectivity index (χ1n) is 10.0. The van der Waals surface area contributed by atoms with Gasteiger partial charge in [-0.15, -0.1) is 11.3 Å². The molecular formula is C20H29N3O3S. The van der Waals surface area contributed by atoms with Crippen LogP contribution >= 0.6 is 11.3 Å². The molecule has 0 radical (unpaired) electrons. The van der Waals surface area contributed by atoms with Crippen LogP contribution in [0.1, 0.15) is 61.0 Å². The number of carbonyl (C=O) groups excluding carboxylic acids is 3. The number of nitrogens with one attached hydrogen (secondary N) is 2. The van der Waals surface area contributed by atoms with Gasteiger partial charge in [-0.2, -0.15) is 0 Å². The van der Waals surface area contributed by atoms with Crippen LogP contribution < -0.4 is 10.6 Å². The van der Waals surface area contributed by atoms with Crippen molar-refractivity contribution in [1.82, 2.24) is 15.5 Å². The predicted octanol–water partition coefficient (Wildman–Crippen LogP) is 2.56. The van der Waals surface area contributed by atoms with Crippen LogP contribution in [-0.2, 0) is 9.59 Å². The second-order valence-corrected chi connectivity index (χ2v) is 8.46. The van der Waals surface area contributed by atoms with Gasteiger partial charge < -0.3 is 15.5 Å². The highest BCUT2D eigenvalue weighted by atomic mass is 32.1. The van der Waals surface area contributed by atoms with Gasteiger partial charge in [0.05, 0.1) is 10.8 Å². The molecule has 1 atom stereocenters. The average molecular weight is 392 g/mol. The van der Waals surface area contributed by atoms with E-state index < -0.39 is 0 Å². The molecule has 27 heavy (non-hydrogen) atoms. The Balaban J connectivity index is 1.38. The van der Waals surface area contributed by atoms with Crippen molar-refractivity contribution in [3.63, 3.8) is 0 Å². The fraction of sp³-hybridized carbons (Fsp3) is 0.650. The molecule has 2 N–H and O–H groups in total. The molecule has 1 aromatic rings. The van der Waals surface area contributed by atoms with Crippen molar-refractivity contribution in [2.75, 3.05) is 19.6 Å². The maximum Gasteiger partial charge on any atom is 0.263 e. The van der Waals surface area contributed by atoms with Gasteiger partial charge in [-0.25, -0.2) is 0 Å². The van der Waals surface area contributed by atoms with Crippen molar-refractivity contribution >= 4 is 29.1 Å². The van der Waals surface area contributed by atoms with Gasteiger partial charge in [-0.3, -0.25) is 14.4 Å². The second-order valence-electron chi connectivity index (χ2n) is 7.51. The summed E-state index contributed by atoms with van der Waals surface area (Å²) in [7, 11) is 0. The maximum atomic E-state index is 12.5. The summed E-state index contributed by atoms with van der Waals surface area (Å²) < 4.78 is 0. The van der Waals surface area contributed by atoms with Crippen LogP contribution in [0.5, 0.6) is 0 Å². The largest absolute Gasteiger partial charge is 0.355 e. The minimum atomic E-state index is -0.191. The fourth-order valence-corrected chi connectivity index (χ4v) is 4.61. The number of piperidine rings is 1. The van der Waals surface area contributed by atoms with Crippen molar-refractivity contribution in [2.24, 2.45) is 5.92 Å². The van der Waals surface area contributed by atoms with Crippen LogP contribution in [0.25, 0.3) is 0 Å². The monoisotopic (exact) mass is 391 g/mol. The number of carbonyl (C=O) groups is 3. The molecule has 3 rings (SSSR count). The van der Waals surface area contributed by atoms with Gasteiger partial charge in [0.25, 0.3) is 5.91 Å². The highest BCUT2D eigenvalue weighted by molar-refractivity contribution is 7.12. The van der Waals surface area contributed by atoms with Crippen LogP contribution in [0.2, 0.25) is 0 Å². The Morgan fingerprint density at radius 2 is 1.93 bits per heavy atom. The van der Waals surface area contributed by atoms with E-state index in [4.69, 9.17) is 0 Å². The molecule has 0 spiro atoms. The van der Waals surface area contributed by atoms with E-state index >= 15 is 0 Å². The summed E-state index contributed by atoms with van der Waals surface area (Å²) in [5.74, 6) is -0.220. The lowest BCUT2D eigenvalue weighted by Gasteiger charge is -2.31. The molecule has 2 aliphatic rings. The molecule has 6 nitrogen and oxygen atoms in total. The summed E-state index contributed by atoms with van der Waals surface area (Å²) >= 11 is 1.43. The maximum absolute atomic E-state index is 12.5. The summed E-state index contributed by atoms with van der Waals surface area (Å²) in [6.45, 7) is 1.51. The number of rotatable bonds is 6. The average Bonchev–Trinajstić information content (AvgIpc) is 3.23. The van der Waals surface area contributed by atoms with Crippen LogP contribution in [-0.4, -0.2) is 48.3 Å². The number of thiophene rings is 1. The third-order valence-electron chi connectivity index (χ3n) is 5.43. The van der Waals surface area contributed by atoms with Crippen LogP contribution in [0.15, 0.2) is 17.5 Å². The SMILES string of the molecule is O=C(CCNC(=O)C1CCCN(C(=O)c2cccs2)C1)NC1CCCCC1. The summed E-state index contributed by atoms with van der Waals surface area (Å²) in [6.07, 6.45) is 7.69. The molecule has 1 aliphatic heterocycles. The summed E-state index contributed by atoms with van der Waals surface area (Å²) in [4.78, 5) is 39.4. The topological polar surface area (TPSA) is 78.5 Å². The lowest BCUT2D eigenvalue weighted by Crippen LogP contribution is -2.46. The van der Waals surface area contributed by atoms with Crippen LogP contribution in [0, 0.1) is 5.92 Å². The number of likely N-dealkylation sites (tertiary alicyclic amines) is 1. The lowest BCUT2D eigenvalue weighted by molar-refractivity contribution is -0.126. The zero-order chi connectivity index (χ0) is 19.1. The molecule has 148 valence electrons. The molecular weight excluding hydrogens is 362 g/mol. The van der Waals surface area contributed by atoms with Gasteiger partial charge in [0.15, 0.2) is 0 Å². The molecule has 1 saturated heterocycles. The van der Waals surface area contributed by atoms with Crippen molar-refractivity contribution in [1.29, 1.82) is 0 Å². The molecule has 2 heterocycles. The number of nitrogens with zero attached hydrogens (tertiary/aromatic N) is 1. The van der Waals surface area contributed by atoms with Crippen molar-refractivity contribution in [3.8, 4) is 0 Å². The van der Waals surface area contributed by atoms with E-state index in [2.05, 4.69) is 10.6 Å². The highest BCUT2D eigenvalue weighted by Crippen LogP contribution is 2.21. The summed E-state index contributed by atoms with van der Waals surface area (Å²) in [5, 5.41) is 7.84. The quantitative estimate of drug-likeness (QED) is 0.782. The van der Waals surface area contributed by atoms with Crippen molar-refractivity contribution < 1.29 is 14.4 Å². The lowest BCUT2D eigenvalue weighted by atomic mass is 9.95. The molecule has 3 amide bonds. The zero-order valence-corrected chi connectivity index (χ0v) is 16.6. The minimum absolute atomic E-state index is 0.00867. The van der Waals surface area contributed by atoms with Crippen molar-refractivity contribution in [2.45, 2.75) is 57.4 Å². The van der Waals surface area contributed by atoms with Gasteiger partial charge in [-0.1, -0.05) is 25.3 Å². The Labute approximate surface area is 164 Å². The van der Waals surface area contributed by atoms with E-state index in [1.807, 2.05) is 17.5 Å². The minimum Gasteiger partial charge on any atom is -0.355 e. The van der Waals surface area contributed by atoms with Crippen LogP contribution in [0.4, 0.5) is 0 Å². The Bertz CT molecular complexity index is 641. The smallest absolute Gasteiger partial charge is 0.263 e. The molecule has 1 unspecified atom stereocenters. The Kier molecular flexibility index (Phi) is 7.26. The van der Waals surface area contributed by atoms with E-state index in [0.717, 1.165) is 30.6 Å². The number of hydrogen-bond donors (Lipinski definition) is 2. The molecule has 0 aromatic carbocycles. The van der Waals surface area contributed by atoms with E-state index in [9.17, 15) is 14.4 Å². The first kappa shape index (κ1) is 19.9. The molecule has 1 aromatic heterocycles. The highest BCUT2D eigenvalue weighted by Gasteiger charge is 2.29. The third kappa shape index (κ3) is 5.79. The van der Waals surface area contributed by atoms with Gasteiger partial charge in [-0.05, 0) is 37.1 Å². The zero-order valence-electron chi connectivity index (χ0n) is 15.7. The molecule has 2 fully saturated rings. The Hall–Kier alpha value is -1.89. The number of hydrogen-bond acceptors (Lipinski definition) is 4. The fourth-order valence-electron chi connectivity index (χ4n) is 3.92. The standard InChI is InChI=1S/C20H29N3O3S/c24-18(22-16-7-2-1-3-8-16)10-11-21-19(25)15-6-4-12-23(14-15)20(26)17-9-5-13-27-17/h5,9,13,15-16H,1-4,6-8,10-12,14H2,(H,21,25)(H,22,24). The van der Waals surface area contributed by atoms with E-state index in [-0.39, 0.29) is 23.6 Å². The number of amides is 3. The first-order chi connectivity index (χ1) is 13.1. The van der Waals surface area contributed by atoms with Gasteiger partial charge in [0, 0.05) is 32.1 Å². The van der Waals surface area contributed by atoms with Crippen molar-refractivity contribution in [3.05, 3.63) is 22.4 Å². The molecule has 1 saturated carbocycles. The molecule has 0 bridgehead atoms. The third-order valence-corrected chi connectivity index (χ3v) is 6.29. The van der Waals surface area contributed by atoms with E-state index in [1.54, 1.807) is 4.90 Å². The normalized spacial score (nSPS) is 20.9. The Morgan fingerprint density at radius 1 is 1.11 bits per heavy atom. The summed E-state index contributed by atoms with van der Waals surface area (Å²) in [5.41, 5.74) is 0. The van der Waals surface area contributed by atoms with E-state index in [0.29, 0.717) is 32.1 Å². The Morgan fingerprint density at radius 3 is 2.67 bits per heavy atom. The summed E-state index contributed by atoms with van der Waals surface area (Å²) in [6, 6.07) is 3.99.